The second kappa shape index (κ2) is 6.22. The van der Waals surface area contributed by atoms with Crippen molar-refractivity contribution < 1.29 is 4.74 Å². The Morgan fingerprint density at radius 3 is 2.47 bits per heavy atom. The molecule has 0 bridgehead atoms. The molecule has 1 heterocycles. The van der Waals surface area contributed by atoms with E-state index in [2.05, 4.69) is 34.1 Å². The van der Waals surface area contributed by atoms with E-state index in [1.807, 2.05) is 25.9 Å². The normalized spacial score (nSPS) is 10.5. The topological polar surface area (TPSA) is 63.2 Å². The molecular weight excluding hydrogens is 218 g/mol. The summed E-state index contributed by atoms with van der Waals surface area (Å²) in [6, 6.07) is 0.369. The Hall–Kier alpha value is -1.59. The Balaban J connectivity index is 2.87. The number of nitrogens with zero attached hydrogens (tertiary/aromatic N) is 4. The van der Waals surface area contributed by atoms with Crippen molar-refractivity contribution in [3.8, 4) is 6.01 Å². The van der Waals surface area contributed by atoms with E-state index in [1.54, 1.807) is 0 Å². The van der Waals surface area contributed by atoms with Gasteiger partial charge in [-0.1, -0.05) is 13.8 Å². The van der Waals surface area contributed by atoms with Crippen molar-refractivity contribution >= 4 is 11.9 Å². The van der Waals surface area contributed by atoms with Gasteiger partial charge in [0.15, 0.2) is 0 Å². The number of aromatic nitrogens is 3. The number of nitrogens with one attached hydrogen (secondary N) is 1. The molecule has 0 radical (unpaired) electrons. The number of hydrogen-bond donors (Lipinski definition) is 1. The van der Waals surface area contributed by atoms with Crippen molar-refractivity contribution in [3.63, 3.8) is 0 Å². The summed E-state index contributed by atoms with van der Waals surface area (Å²) in [4.78, 5) is 14.5. The summed E-state index contributed by atoms with van der Waals surface area (Å²) >= 11 is 0. The molecular formula is C11H21N5O. The van der Waals surface area contributed by atoms with Crippen LogP contribution < -0.4 is 15.0 Å². The van der Waals surface area contributed by atoms with Crippen LogP contribution >= 0.6 is 0 Å². The molecule has 0 fully saturated rings. The van der Waals surface area contributed by atoms with Gasteiger partial charge in [0.1, 0.15) is 0 Å². The fraction of sp³-hybridized carbons (Fsp3) is 0.727. The predicted octanol–water partition coefficient (Wildman–Crippen LogP) is 1.40. The van der Waals surface area contributed by atoms with Gasteiger partial charge in [0, 0.05) is 20.6 Å². The highest BCUT2D eigenvalue weighted by Gasteiger charge is 2.09. The van der Waals surface area contributed by atoms with Crippen LogP contribution in [0.15, 0.2) is 0 Å². The Morgan fingerprint density at radius 2 is 1.94 bits per heavy atom. The molecule has 0 aromatic carbocycles. The van der Waals surface area contributed by atoms with Crippen LogP contribution in [0.3, 0.4) is 0 Å². The Morgan fingerprint density at radius 1 is 1.24 bits per heavy atom. The third-order valence-corrected chi connectivity index (χ3v) is 1.88. The smallest absolute Gasteiger partial charge is 0.323 e. The Bertz CT molecular complexity index is 354. The predicted molar refractivity (Wildman–Crippen MR) is 68.7 cm³/mol. The third-order valence-electron chi connectivity index (χ3n) is 1.88. The molecule has 0 aliphatic carbocycles. The van der Waals surface area contributed by atoms with Gasteiger partial charge in [-0.3, -0.25) is 0 Å². The van der Waals surface area contributed by atoms with Gasteiger partial charge >= 0.3 is 6.01 Å². The first-order valence-electron chi connectivity index (χ1n) is 5.83. The third kappa shape index (κ3) is 4.42. The molecule has 6 heteroatoms. The number of ether oxygens (including phenoxy) is 1. The lowest BCUT2D eigenvalue weighted by molar-refractivity contribution is 0.250. The van der Waals surface area contributed by atoms with Crippen molar-refractivity contribution in [2.24, 2.45) is 5.92 Å². The second-order valence-electron chi connectivity index (χ2n) is 4.37. The van der Waals surface area contributed by atoms with Gasteiger partial charge in [0.25, 0.3) is 0 Å². The van der Waals surface area contributed by atoms with E-state index in [-0.39, 0.29) is 0 Å². The Kier molecular flexibility index (Phi) is 4.93. The monoisotopic (exact) mass is 239 g/mol. The van der Waals surface area contributed by atoms with Gasteiger partial charge < -0.3 is 15.0 Å². The molecule has 1 aromatic heterocycles. The fourth-order valence-electron chi connectivity index (χ4n) is 1.09. The largest absolute Gasteiger partial charge is 0.463 e. The molecule has 0 saturated carbocycles. The van der Waals surface area contributed by atoms with Crippen LogP contribution in [0.2, 0.25) is 0 Å². The summed E-state index contributed by atoms with van der Waals surface area (Å²) < 4.78 is 5.52. The standard InChI is InChI=1S/C11H21N5O/c1-6-12-9-13-10(16(4)5)15-11(14-9)17-7-8(2)3/h8H,6-7H2,1-5H3,(H,12,13,14,15). The molecule has 1 aromatic rings. The average Bonchev–Trinajstić information content (AvgIpc) is 2.26. The first-order valence-corrected chi connectivity index (χ1v) is 5.83. The number of rotatable bonds is 6. The average molecular weight is 239 g/mol. The molecule has 0 atom stereocenters. The minimum absolute atomic E-state index is 0.369. The van der Waals surface area contributed by atoms with E-state index in [0.717, 1.165) is 6.54 Å². The zero-order valence-corrected chi connectivity index (χ0v) is 11.2. The van der Waals surface area contributed by atoms with Crippen LogP contribution in [-0.4, -0.2) is 42.2 Å². The molecule has 0 saturated heterocycles. The fourth-order valence-corrected chi connectivity index (χ4v) is 1.09. The van der Waals surface area contributed by atoms with Crippen molar-refractivity contribution in [2.45, 2.75) is 20.8 Å². The van der Waals surface area contributed by atoms with Crippen molar-refractivity contribution in [2.75, 3.05) is 37.5 Å². The first kappa shape index (κ1) is 13.5. The summed E-state index contributed by atoms with van der Waals surface area (Å²) in [5, 5.41) is 3.06. The number of hydrogen-bond acceptors (Lipinski definition) is 6. The summed E-state index contributed by atoms with van der Waals surface area (Å²) in [7, 11) is 3.77. The van der Waals surface area contributed by atoms with E-state index in [4.69, 9.17) is 4.74 Å². The quantitative estimate of drug-likeness (QED) is 0.809. The summed E-state index contributed by atoms with van der Waals surface area (Å²) in [5.41, 5.74) is 0. The molecule has 0 aliphatic rings. The number of anilines is 2. The van der Waals surface area contributed by atoms with Gasteiger partial charge in [0.2, 0.25) is 11.9 Å². The van der Waals surface area contributed by atoms with Crippen molar-refractivity contribution in [1.29, 1.82) is 0 Å². The summed E-state index contributed by atoms with van der Waals surface area (Å²) in [5.74, 6) is 1.58. The molecule has 6 nitrogen and oxygen atoms in total. The van der Waals surface area contributed by atoms with Gasteiger partial charge in [-0.2, -0.15) is 15.0 Å². The highest BCUT2D eigenvalue weighted by molar-refractivity contribution is 5.36. The molecule has 17 heavy (non-hydrogen) atoms. The van der Waals surface area contributed by atoms with E-state index < -0.39 is 0 Å². The lowest BCUT2D eigenvalue weighted by Crippen LogP contribution is -2.17. The van der Waals surface area contributed by atoms with Crippen LogP contribution in [0, 0.1) is 5.92 Å². The van der Waals surface area contributed by atoms with E-state index in [0.29, 0.717) is 30.4 Å². The van der Waals surface area contributed by atoms with Gasteiger partial charge in [-0.05, 0) is 12.8 Å². The highest BCUT2D eigenvalue weighted by atomic mass is 16.5. The lowest BCUT2D eigenvalue weighted by Gasteiger charge is -2.13. The molecule has 0 unspecified atom stereocenters. The van der Waals surface area contributed by atoms with Crippen molar-refractivity contribution in [1.82, 2.24) is 15.0 Å². The van der Waals surface area contributed by atoms with E-state index in [1.165, 1.54) is 0 Å². The van der Waals surface area contributed by atoms with Crippen LogP contribution in [-0.2, 0) is 0 Å². The molecule has 1 rings (SSSR count). The first-order chi connectivity index (χ1) is 8.02. The van der Waals surface area contributed by atoms with E-state index >= 15 is 0 Å². The lowest BCUT2D eigenvalue weighted by atomic mass is 10.2. The minimum atomic E-state index is 0.369. The molecule has 1 N–H and O–H groups in total. The highest BCUT2D eigenvalue weighted by Crippen LogP contribution is 2.13. The second-order valence-corrected chi connectivity index (χ2v) is 4.37. The molecule has 0 aliphatic heterocycles. The van der Waals surface area contributed by atoms with Crippen LogP contribution in [0.5, 0.6) is 6.01 Å². The maximum Gasteiger partial charge on any atom is 0.323 e. The maximum absolute atomic E-state index is 5.52. The Labute approximate surface area is 102 Å². The zero-order valence-electron chi connectivity index (χ0n) is 11.2. The molecule has 0 amide bonds. The van der Waals surface area contributed by atoms with E-state index in [9.17, 15) is 0 Å². The van der Waals surface area contributed by atoms with Crippen LogP contribution in [0.25, 0.3) is 0 Å². The minimum Gasteiger partial charge on any atom is -0.463 e. The van der Waals surface area contributed by atoms with Crippen LogP contribution in [0.1, 0.15) is 20.8 Å². The van der Waals surface area contributed by atoms with Gasteiger partial charge in [-0.15, -0.1) is 0 Å². The zero-order chi connectivity index (χ0) is 12.8. The molecule has 0 spiro atoms. The summed E-state index contributed by atoms with van der Waals surface area (Å²) in [6.07, 6.45) is 0. The van der Waals surface area contributed by atoms with Gasteiger partial charge in [-0.25, -0.2) is 0 Å². The maximum atomic E-state index is 5.52. The summed E-state index contributed by atoms with van der Waals surface area (Å²) in [6.45, 7) is 7.52. The van der Waals surface area contributed by atoms with Crippen LogP contribution in [0.4, 0.5) is 11.9 Å². The molecule has 96 valence electrons. The van der Waals surface area contributed by atoms with Crippen molar-refractivity contribution in [3.05, 3.63) is 0 Å². The van der Waals surface area contributed by atoms with Gasteiger partial charge in [0.05, 0.1) is 6.61 Å². The SMILES string of the molecule is CCNc1nc(OCC(C)C)nc(N(C)C)n1.